The van der Waals surface area contributed by atoms with E-state index in [4.69, 9.17) is 0 Å². The lowest BCUT2D eigenvalue weighted by Crippen LogP contribution is -1.86. The molecule has 0 aliphatic heterocycles. The van der Waals surface area contributed by atoms with E-state index in [0.717, 1.165) is 40.0 Å². The van der Waals surface area contributed by atoms with Crippen molar-refractivity contribution in [3.05, 3.63) is 108 Å². The van der Waals surface area contributed by atoms with E-state index in [1.54, 1.807) is 29.5 Å². The molecule has 0 fully saturated rings. The van der Waals surface area contributed by atoms with E-state index in [9.17, 15) is 4.39 Å². The number of fused-ring (bicyclic) bond motifs is 1. The van der Waals surface area contributed by atoms with Crippen LogP contribution in [0.3, 0.4) is 0 Å². The van der Waals surface area contributed by atoms with Crippen LogP contribution in [0.1, 0.15) is 18.9 Å². The SMILES string of the molecule is CCCc1ccc2cc(-c3ccc(-c4ccc(-c5ccc(F)cc5)cc4)c(F)c3)sc2c1. The van der Waals surface area contributed by atoms with Crippen LogP contribution in [0.2, 0.25) is 0 Å². The summed E-state index contributed by atoms with van der Waals surface area (Å²) in [4.78, 5) is 1.07. The van der Waals surface area contributed by atoms with E-state index in [1.165, 1.54) is 27.8 Å². The third-order valence-electron chi connectivity index (χ3n) is 5.75. The molecule has 0 amide bonds. The van der Waals surface area contributed by atoms with Crippen LogP contribution in [0.15, 0.2) is 91.0 Å². The molecule has 3 heteroatoms. The van der Waals surface area contributed by atoms with Crippen molar-refractivity contribution in [2.24, 2.45) is 0 Å². The zero-order valence-corrected chi connectivity index (χ0v) is 18.6. The highest BCUT2D eigenvalue weighted by Gasteiger charge is 2.11. The lowest BCUT2D eigenvalue weighted by atomic mass is 9.99. The highest BCUT2D eigenvalue weighted by atomic mass is 32.1. The van der Waals surface area contributed by atoms with E-state index in [1.807, 2.05) is 36.4 Å². The fraction of sp³-hybridized carbons (Fsp3) is 0.103. The minimum absolute atomic E-state index is 0.235. The van der Waals surface area contributed by atoms with Crippen molar-refractivity contribution in [2.75, 3.05) is 0 Å². The van der Waals surface area contributed by atoms with Crippen LogP contribution in [0, 0.1) is 11.6 Å². The van der Waals surface area contributed by atoms with Crippen molar-refractivity contribution in [2.45, 2.75) is 19.8 Å². The van der Waals surface area contributed by atoms with Gasteiger partial charge in [-0.15, -0.1) is 11.3 Å². The number of hydrogen-bond donors (Lipinski definition) is 0. The first kappa shape index (κ1) is 20.6. The summed E-state index contributed by atoms with van der Waals surface area (Å²) in [5.41, 5.74) is 5.54. The molecule has 0 aliphatic carbocycles. The maximum Gasteiger partial charge on any atom is 0.131 e. The van der Waals surface area contributed by atoms with Crippen LogP contribution >= 0.6 is 11.3 Å². The lowest BCUT2D eigenvalue weighted by Gasteiger charge is -2.08. The van der Waals surface area contributed by atoms with Gasteiger partial charge in [0, 0.05) is 15.1 Å². The predicted molar refractivity (Wildman–Crippen MR) is 132 cm³/mol. The van der Waals surface area contributed by atoms with Crippen LogP contribution in [-0.4, -0.2) is 0 Å². The Morgan fingerprint density at radius 2 is 1.31 bits per heavy atom. The summed E-state index contributed by atoms with van der Waals surface area (Å²) in [6, 6.07) is 28.3. The largest absolute Gasteiger partial charge is 0.207 e. The molecule has 32 heavy (non-hydrogen) atoms. The van der Waals surface area contributed by atoms with Gasteiger partial charge in [0.2, 0.25) is 0 Å². The molecule has 0 N–H and O–H groups in total. The Labute approximate surface area is 190 Å². The molecule has 5 aromatic rings. The molecule has 0 atom stereocenters. The molecule has 0 bridgehead atoms. The Balaban J connectivity index is 1.43. The Hall–Kier alpha value is -3.30. The summed E-state index contributed by atoms with van der Waals surface area (Å²) < 4.78 is 29.5. The van der Waals surface area contributed by atoms with Gasteiger partial charge >= 0.3 is 0 Å². The van der Waals surface area contributed by atoms with E-state index in [-0.39, 0.29) is 11.6 Å². The van der Waals surface area contributed by atoms with Gasteiger partial charge in [-0.1, -0.05) is 74.0 Å². The second kappa shape index (κ2) is 8.68. The predicted octanol–water partition coefficient (Wildman–Crippen LogP) is 9.13. The van der Waals surface area contributed by atoms with Gasteiger partial charge in [0.1, 0.15) is 11.6 Å². The smallest absolute Gasteiger partial charge is 0.131 e. The molecule has 0 unspecified atom stereocenters. The average Bonchev–Trinajstić information content (AvgIpc) is 3.24. The van der Waals surface area contributed by atoms with Crippen LogP contribution in [0.4, 0.5) is 8.78 Å². The fourth-order valence-electron chi connectivity index (χ4n) is 4.05. The third-order valence-corrected chi connectivity index (χ3v) is 6.90. The summed E-state index contributed by atoms with van der Waals surface area (Å²) in [5.74, 6) is -0.492. The van der Waals surface area contributed by atoms with Crippen molar-refractivity contribution in [1.29, 1.82) is 0 Å². The Kier molecular flexibility index (Phi) is 5.59. The molecule has 0 saturated carbocycles. The summed E-state index contributed by atoms with van der Waals surface area (Å²) in [5, 5.41) is 1.20. The van der Waals surface area contributed by atoms with Crippen LogP contribution in [0.25, 0.3) is 42.8 Å². The standard InChI is InChI=1S/C29H22F2S/c1-2-3-19-4-5-24-18-29(32-28(24)16-19)23-12-15-26(27(31)17-23)22-8-6-20(7-9-22)21-10-13-25(30)14-11-21/h4-18H,2-3H2,1H3. The monoisotopic (exact) mass is 440 g/mol. The average molecular weight is 441 g/mol. The molecule has 4 aromatic carbocycles. The van der Waals surface area contributed by atoms with Crippen LogP contribution in [0.5, 0.6) is 0 Å². The van der Waals surface area contributed by atoms with Gasteiger partial charge in [-0.25, -0.2) is 8.78 Å². The molecular weight excluding hydrogens is 418 g/mol. The highest BCUT2D eigenvalue weighted by Crippen LogP contribution is 2.36. The number of benzene rings is 4. The van der Waals surface area contributed by atoms with Gasteiger partial charge in [0.25, 0.3) is 0 Å². The van der Waals surface area contributed by atoms with Crippen molar-refractivity contribution >= 4 is 21.4 Å². The third kappa shape index (κ3) is 4.09. The lowest BCUT2D eigenvalue weighted by molar-refractivity contribution is 0.628. The fourth-order valence-corrected chi connectivity index (χ4v) is 5.17. The molecule has 1 aromatic heterocycles. The highest BCUT2D eigenvalue weighted by molar-refractivity contribution is 7.22. The minimum Gasteiger partial charge on any atom is -0.207 e. The first-order chi connectivity index (χ1) is 15.6. The van der Waals surface area contributed by atoms with E-state index < -0.39 is 0 Å². The van der Waals surface area contributed by atoms with Crippen LogP contribution in [-0.2, 0) is 6.42 Å². The van der Waals surface area contributed by atoms with Crippen molar-refractivity contribution in [1.82, 2.24) is 0 Å². The summed E-state index contributed by atoms with van der Waals surface area (Å²) in [6.45, 7) is 2.19. The first-order valence-corrected chi connectivity index (χ1v) is 11.6. The number of rotatable bonds is 5. The Morgan fingerprint density at radius 3 is 2.00 bits per heavy atom. The molecule has 0 aliphatic rings. The minimum atomic E-state index is -0.257. The van der Waals surface area contributed by atoms with Crippen molar-refractivity contribution in [3.8, 4) is 32.7 Å². The topological polar surface area (TPSA) is 0 Å². The second-order valence-electron chi connectivity index (χ2n) is 8.01. The van der Waals surface area contributed by atoms with Gasteiger partial charge in [0.15, 0.2) is 0 Å². The summed E-state index contributed by atoms with van der Waals surface area (Å²) in [7, 11) is 0. The van der Waals surface area contributed by atoms with E-state index >= 15 is 4.39 Å². The number of aryl methyl sites for hydroxylation is 1. The van der Waals surface area contributed by atoms with Gasteiger partial charge < -0.3 is 0 Å². The maximum absolute atomic E-state index is 15.1. The first-order valence-electron chi connectivity index (χ1n) is 10.8. The molecule has 5 rings (SSSR count). The van der Waals surface area contributed by atoms with E-state index in [0.29, 0.717) is 5.56 Å². The number of halogens is 2. The van der Waals surface area contributed by atoms with Crippen molar-refractivity contribution < 1.29 is 8.78 Å². The normalized spacial score (nSPS) is 11.2. The van der Waals surface area contributed by atoms with E-state index in [2.05, 4.69) is 31.2 Å². The van der Waals surface area contributed by atoms with Crippen LogP contribution < -0.4 is 0 Å². The molecular formula is C29H22F2S. The number of hydrogen-bond acceptors (Lipinski definition) is 1. The van der Waals surface area contributed by atoms with Crippen molar-refractivity contribution in [3.63, 3.8) is 0 Å². The molecule has 0 spiro atoms. The summed E-state index contributed by atoms with van der Waals surface area (Å²) in [6.07, 6.45) is 2.20. The zero-order valence-electron chi connectivity index (χ0n) is 17.7. The second-order valence-corrected chi connectivity index (χ2v) is 9.10. The molecule has 0 nitrogen and oxygen atoms in total. The molecule has 1 heterocycles. The Morgan fingerprint density at radius 1 is 0.656 bits per heavy atom. The van der Waals surface area contributed by atoms with Gasteiger partial charge in [-0.2, -0.15) is 0 Å². The number of thiophene rings is 1. The maximum atomic E-state index is 15.1. The molecule has 158 valence electrons. The summed E-state index contributed by atoms with van der Waals surface area (Å²) >= 11 is 1.71. The molecule has 0 saturated heterocycles. The molecule has 0 radical (unpaired) electrons. The van der Waals surface area contributed by atoms with Gasteiger partial charge in [-0.3, -0.25) is 0 Å². The zero-order chi connectivity index (χ0) is 22.1. The Bertz CT molecular complexity index is 1380. The van der Waals surface area contributed by atoms with Gasteiger partial charge in [0.05, 0.1) is 0 Å². The van der Waals surface area contributed by atoms with Gasteiger partial charge in [-0.05, 0) is 70.0 Å². The quantitative estimate of drug-likeness (QED) is 0.256.